The van der Waals surface area contributed by atoms with Crippen LogP contribution in [0.5, 0.6) is 5.75 Å². The predicted molar refractivity (Wildman–Crippen MR) is 87.0 cm³/mol. The highest BCUT2D eigenvalue weighted by Crippen LogP contribution is 2.24. The molecule has 2 aromatic rings. The van der Waals surface area contributed by atoms with Crippen molar-refractivity contribution in [1.82, 2.24) is 4.90 Å². The first-order chi connectivity index (χ1) is 11.7. The lowest BCUT2D eigenvalue weighted by atomic mass is 9.98. The molecule has 0 spiro atoms. The SMILES string of the molecule is N#CCCN1CCc2cc(OCc3cccc(F)c3)ccc2C1=O. The van der Waals surface area contributed by atoms with E-state index in [2.05, 4.69) is 6.07 Å². The Balaban J connectivity index is 1.69. The topological polar surface area (TPSA) is 53.3 Å². The smallest absolute Gasteiger partial charge is 0.254 e. The summed E-state index contributed by atoms with van der Waals surface area (Å²) in [5.41, 5.74) is 2.37. The molecule has 122 valence electrons. The number of carbonyl (C=O) groups excluding carboxylic acids is 1. The molecule has 0 aliphatic carbocycles. The molecule has 1 amide bonds. The van der Waals surface area contributed by atoms with Gasteiger partial charge in [-0.15, -0.1) is 0 Å². The summed E-state index contributed by atoms with van der Waals surface area (Å²) in [4.78, 5) is 14.1. The van der Waals surface area contributed by atoms with Crippen LogP contribution in [0.2, 0.25) is 0 Å². The zero-order valence-corrected chi connectivity index (χ0v) is 13.2. The fourth-order valence-electron chi connectivity index (χ4n) is 2.79. The largest absolute Gasteiger partial charge is 0.489 e. The Morgan fingerprint density at radius 3 is 2.92 bits per heavy atom. The zero-order valence-electron chi connectivity index (χ0n) is 13.2. The quantitative estimate of drug-likeness (QED) is 0.848. The summed E-state index contributed by atoms with van der Waals surface area (Å²) in [7, 11) is 0. The zero-order chi connectivity index (χ0) is 16.9. The van der Waals surface area contributed by atoms with Gasteiger partial charge in [0.2, 0.25) is 0 Å². The number of carbonyl (C=O) groups is 1. The van der Waals surface area contributed by atoms with Crippen LogP contribution in [0, 0.1) is 17.1 Å². The van der Waals surface area contributed by atoms with Crippen LogP contribution in [0.25, 0.3) is 0 Å². The van der Waals surface area contributed by atoms with Crippen LogP contribution in [-0.4, -0.2) is 23.9 Å². The van der Waals surface area contributed by atoms with Gasteiger partial charge in [-0.25, -0.2) is 4.39 Å². The minimum absolute atomic E-state index is 0.0387. The maximum absolute atomic E-state index is 13.2. The molecule has 0 saturated carbocycles. The molecular weight excluding hydrogens is 307 g/mol. The number of ether oxygens (including phenoxy) is 1. The van der Waals surface area contributed by atoms with Crippen LogP contribution in [0.3, 0.4) is 0 Å². The number of hydrogen-bond donors (Lipinski definition) is 0. The molecule has 0 radical (unpaired) electrons. The lowest BCUT2D eigenvalue weighted by Crippen LogP contribution is -2.38. The van der Waals surface area contributed by atoms with Crippen molar-refractivity contribution >= 4 is 5.91 Å². The highest BCUT2D eigenvalue weighted by molar-refractivity contribution is 5.96. The minimum atomic E-state index is -0.287. The van der Waals surface area contributed by atoms with E-state index < -0.39 is 0 Å². The first-order valence-corrected chi connectivity index (χ1v) is 7.84. The predicted octanol–water partition coefficient (Wildman–Crippen LogP) is 3.32. The van der Waals surface area contributed by atoms with Gasteiger partial charge < -0.3 is 9.64 Å². The second kappa shape index (κ2) is 7.14. The van der Waals surface area contributed by atoms with Crippen LogP contribution >= 0.6 is 0 Å². The Morgan fingerprint density at radius 1 is 1.25 bits per heavy atom. The summed E-state index contributed by atoms with van der Waals surface area (Å²) in [5, 5.41) is 8.66. The van der Waals surface area contributed by atoms with E-state index >= 15 is 0 Å². The fourth-order valence-corrected chi connectivity index (χ4v) is 2.79. The number of rotatable bonds is 5. The van der Waals surface area contributed by atoms with E-state index in [4.69, 9.17) is 10.00 Å². The molecule has 0 fully saturated rings. The van der Waals surface area contributed by atoms with Gasteiger partial charge in [0, 0.05) is 18.7 Å². The average molecular weight is 324 g/mol. The Morgan fingerprint density at radius 2 is 2.12 bits per heavy atom. The van der Waals surface area contributed by atoms with E-state index in [-0.39, 0.29) is 18.3 Å². The van der Waals surface area contributed by atoms with E-state index in [1.165, 1.54) is 12.1 Å². The number of benzene rings is 2. The van der Waals surface area contributed by atoms with Crippen molar-refractivity contribution < 1.29 is 13.9 Å². The van der Waals surface area contributed by atoms with Crippen LogP contribution in [0.1, 0.15) is 27.9 Å². The third-order valence-corrected chi connectivity index (χ3v) is 4.03. The molecule has 0 bridgehead atoms. The Kier molecular flexibility index (Phi) is 4.76. The minimum Gasteiger partial charge on any atom is -0.489 e. The molecule has 0 aromatic heterocycles. The molecular formula is C19H17FN2O2. The van der Waals surface area contributed by atoms with E-state index in [0.717, 1.165) is 17.5 Å². The Labute approximate surface area is 140 Å². The summed E-state index contributed by atoms with van der Waals surface area (Å²) in [6.07, 6.45) is 1.08. The van der Waals surface area contributed by atoms with Gasteiger partial charge in [-0.3, -0.25) is 4.79 Å². The average Bonchev–Trinajstić information content (AvgIpc) is 2.59. The molecule has 5 heteroatoms. The van der Waals surface area contributed by atoms with Crippen molar-refractivity contribution in [2.75, 3.05) is 13.1 Å². The van der Waals surface area contributed by atoms with Gasteiger partial charge in [-0.1, -0.05) is 12.1 Å². The molecule has 4 nitrogen and oxygen atoms in total. The molecule has 0 atom stereocenters. The van der Waals surface area contributed by atoms with E-state index in [0.29, 0.717) is 30.8 Å². The van der Waals surface area contributed by atoms with Crippen molar-refractivity contribution in [2.45, 2.75) is 19.4 Å². The second-order valence-corrected chi connectivity index (χ2v) is 5.69. The first-order valence-electron chi connectivity index (χ1n) is 7.84. The van der Waals surface area contributed by atoms with E-state index in [9.17, 15) is 9.18 Å². The number of hydrogen-bond acceptors (Lipinski definition) is 3. The van der Waals surface area contributed by atoms with Crippen LogP contribution in [-0.2, 0) is 13.0 Å². The summed E-state index contributed by atoms with van der Waals surface area (Å²) >= 11 is 0. The lowest BCUT2D eigenvalue weighted by molar-refractivity contribution is 0.0743. The van der Waals surface area contributed by atoms with Gasteiger partial charge in [-0.05, 0) is 47.9 Å². The maximum atomic E-state index is 13.2. The molecule has 2 aromatic carbocycles. The standard InChI is InChI=1S/C19H17FN2O2/c20-16-4-1-3-14(11-16)13-24-17-5-6-18-15(12-17)7-10-22(19(18)23)9-2-8-21/h1,3-6,11-12H,2,7,9-10,13H2. The van der Waals surface area contributed by atoms with Gasteiger partial charge >= 0.3 is 0 Å². The van der Waals surface area contributed by atoms with Crippen LogP contribution < -0.4 is 4.74 Å². The van der Waals surface area contributed by atoms with Crippen LogP contribution in [0.4, 0.5) is 4.39 Å². The number of amides is 1. The fraction of sp³-hybridized carbons (Fsp3) is 0.263. The molecule has 1 heterocycles. The summed E-state index contributed by atoms with van der Waals surface area (Å²) in [5.74, 6) is 0.337. The van der Waals surface area contributed by atoms with E-state index in [1.807, 2.05) is 6.07 Å². The number of nitriles is 1. The van der Waals surface area contributed by atoms with Crippen LogP contribution in [0.15, 0.2) is 42.5 Å². The number of fused-ring (bicyclic) bond motifs is 1. The molecule has 1 aliphatic heterocycles. The third-order valence-electron chi connectivity index (χ3n) is 4.03. The highest BCUT2D eigenvalue weighted by atomic mass is 19.1. The van der Waals surface area contributed by atoms with Gasteiger partial charge in [-0.2, -0.15) is 5.26 Å². The summed E-state index contributed by atoms with van der Waals surface area (Å²) in [6.45, 7) is 1.35. The number of halogens is 1. The van der Waals surface area contributed by atoms with E-state index in [1.54, 1.807) is 29.2 Å². The van der Waals surface area contributed by atoms with Crippen molar-refractivity contribution in [2.24, 2.45) is 0 Å². The normalized spacial score (nSPS) is 13.3. The monoisotopic (exact) mass is 324 g/mol. The third kappa shape index (κ3) is 3.54. The second-order valence-electron chi connectivity index (χ2n) is 5.69. The van der Waals surface area contributed by atoms with Crippen molar-refractivity contribution in [3.63, 3.8) is 0 Å². The Bertz CT molecular complexity index is 798. The number of nitrogens with zero attached hydrogens (tertiary/aromatic N) is 2. The maximum Gasteiger partial charge on any atom is 0.254 e. The highest BCUT2D eigenvalue weighted by Gasteiger charge is 2.24. The van der Waals surface area contributed by atoms with Gasteiger partial charge in [0.25, 0.3) is 5.91 Å². The molecule has 0 unspecified atom stereocenters. The van der Waals surface area contributed by atoms with Gasteiger partial charge in [0.05, 0.1) is 12.5 Å². The molecule has 24 heavy (non-hydrogen) atoms. The lowest BCUT2D eigenvalue weighted by Gasteiger charge is -2.28. The van der Waals surface area contributed by atoms with Gasteiger partial charge in [0.15, 0.2) is 0 Å². The Hall–Kier alpha value is -2.87. The van der Waals surface area contributed by atoms with Crippen molar-refractivity contribution in [3.8, 4) is 11.8 Å². The van der Waals surface area contributed by atoms with Crippen molar-refractivity contribution in [1.29, 1.82) is 5.26 Å². The summed E-state index contributed by atoms with van der Waals surface area (Å²) in [6, 6.07) is 13.7. The molecule has 0 saturated heterocycles. The molecule has 1 aliphatic rings. The van der Waals surface area contributed by atoms with Gasteiger partial charge in [0.1, 0.15) is 18.2 Å². The first kappa shape index (κ1) is 16.0. The molecule has 0 N–H and O–H groups in total. The molecule has 3 rings (SSSR count). The summed E-state index contributed by atoms with van der Waals surface area (Å²) < 4.78 is 18.9. The van der Waals surface area contributed by atoms with Crippen molar-refractivity contribution in [3.05, 3.63) is 65.0 Å².